The Bertz CT molecular complexity index is 571. The third-order valence-electron chi connectivity index (χ3n) is 2.94. The number of nitrogens with one attached hydrogen (secondary N) is 1. The molecule has 0 fully saturated rings. The largest absolute Gasteiger partial charge is 0.409 e. The molecule has 1 unspecified atom stereocenters. The van der Waals surface area contributed by atoms with Crippen LogP contribution in [0, 0.1) is 0 Å². The lowest BCUT2D eigenvalue weighted by Crippen LogP contribution is -2.31. The first-order chi connectivity index (χ1) is 9.70. The zero-order chi connectivity index (χ0) is 14.4. The Balaban J connectivity index is 1.98. The van der Waals surface area contributed by atoms with Gasteiger partial charge < -0.3 is 16.3 Å². The normalized spacial score (nSPS) is 13.3. The van der Waals surface area contributed by atoms with Crippen LogP contribution >= 0.6 is 27.3 Å². The Morgan fingerprint density at radius 3 is 2.75 bits per heavy atom. The molecule has 0 aliphatic rings. The van der Waals surface area contributed by atoms with Gasteiger partial charge in [0.15, 0.2) is 0 Å². The summed E-state index contributed by atoms with van der Waals surface area (Å²) in [5.74, 6) is 0.0839. The van der Waals surface area contributed by atoms with Crippen LogP contribution in [0.1, 0.15) is 16.4 Å². The maximum atomic E-state index is 8.92. The standard InChI is InChI=1S/C14H16BrN3OS/c15-11-6-12(20-9-11)7-17-8-13(14(16)18-19)10-4-2-1-3-5-10/h1-6,9,13,17,19H,7-8H2,(H2,16,18). The highest BCUT2D eigenvalue weighted by Crippen LogP contribution is 2.20. The monoisotopic (exact) mass is 353 g/mol. The van der Waals surface area contributed by atoms with Crippen LogP contribution in [-0.4, -0.2) is 17.6 Å². The molecule has 106 valence electrons. The highest BCUT2D eigenvalue weighted by Gasteiger charge is 2.16. The van der Waals surface area contributed by atoms with Gasteiger partial charge in [0.25, 0.3) is 0 Å². The van der Waals surface area contributed by atoms with Crippen LogP contribution in [0.15, 0.2) is 51.4 Å². The van der Waals surface area contributed by atoms with E-state index >= 15 is 0 Å². The minimum absolute atomic E-state index is 0.135. The molecular formula is C14H16BrN3OS. The van der Waals surface area contributed by atoms with E-state index in [0.29, 0.717) is 6.54 Å². The predicted molar refractivity (Wildman–Crippen MR) is 86.3 cm³/mol. The molecule has 20 heavy (non-hydrogen) atoms. The number of benzene rings is 1. The fraction of sp³-hybridized carbons (Fsp3) is 0.214. The van der Waals surface area contributed by atoms with Gasteiger partial charge in [0.05, 0.1) is 5.92 Å². The van der Waals surface area contributed by atoms with Crippen LogP contribution in [0.4, 0.5) is 0 Å². The summed E-state index contributed by atoms with van der Waals surface area (Å²) in [4.78, 5) is 1.24. The summed E-state index contributed by atoms with van der Waals surface area (Å²) in [5, 5.41) is 17.5. The van der Waals surface area contributed by atoms with Gasteiger partial charge in [0.1, 0.15) is 5.84 Å². The van der Waals surface area contributed by atoms with Crippen LogP contribution in [0.5, 0.6) is 0 Å². The second-order valence-corrected chi connectivity index (χ2v) is 6.26. The summed E-state index contributed by atoms with van der Waals surface area (Å²) in [6.07, 6.45) is 0. The Morgan fingerprint density at radius 2 is 2.15 bits per heavy atom. The first-order valence-corrected chi connectivity index (χ1v) is 7.84. The van der Waals surface area contributed by atoms with Gasteiger partial charge in [-0.15, -0.1) is 11.3 Å². The molecular weight excluding hydrogens is 338 g/mol. The van der Waals surface area contributed by atoms with Crippen molar-refractivity contribution < 1.29 is 5.21 Å². The van der Waals surface area contributed by atoms with E-state index in [9.17, 15) is 0 Å². The van der Waals surface area contributed by atoms with Crippen molar-refractivity contribution in [2.24, 2.45) is 10.9 Å². The quantitative estimate of drug-likeness (QED) is 0.323. The maximum Gasteiger partial charge on any atom is 0.147 e. The third-order valence-corrected chi connectivity index (χ3v) is 4.64. The van der Waals surface area contributed by atoms with E-state index in [1.54, 1.807) is 11.3 Å². The topological polar surface area (TPSA) is 70.6 Å². The molecule has 6 heteroatoms. The lowest BCUT2D eigenvalue weighted by Gasteiger charge is -2.16. The number of thiophene rings is 1. The lowest BCUT2D eigenvalue weighted by molar-refractivity contribution is 0.315. The first-order valence-electron chi connectivity index (χ1n) is 6.16. The highest BCUT2D eigenvalue weighted by molar-refractivity contribution is 9.10. The highest BCUT2D eigenvalue weighted by atomic mass is 79.9. The number of halogens is 1. The van der Waals surface area contributed by atoms with E-state index in [4.69, 9.17) is 10.9 Å². The van der Waals surface area contributed by atoms with Crippen molar-refractivity contribution in [2.75, 3.05) is 6.54 Å². The fourth-order valence-electron chi connectivity index (χ4n) is 1.93. The molecule has 0 saturated carbocycles. The van der Waals surface area contributed by atoms with Crippen LogP contribution in [0.3, 0.4) is 0 Å². The lowest BCUT2D eigenvalue weighted by atomic mass is 9.98. The summed E-state index contributed by atoms with van der Waals surface area (Å²) in [6, 6.07) is 11.9. The van der Waals surface area contributed by atoms with Crippen LogP contribution in [0.2, 0.25) is 0 Å². The van der Waals surface area contributed by atoms with Gasteiger partial charge in [-0.05, 0) is 27.6 Å². The van der Waals surface area contributed by atoms with E-state index in [1.165, 1.54) is 4.88 Å². The molecule has 1 aromatic carbocycles. The SMILES string of the molecule is NC(=NO)C(CNCc1cc(Br)cs1)c1ccccc1. The predicted octanol–water partition coefficient (Wildman–Crippen LogP) is 3.13. The zero-order valence-electron chi connectivity index (χ0n) is 10.8. The van der Waals surface area contributed by atoms with Crippen LogP contribution in [0.25, 0.3) is 0 Å². The molecule has 2 aromatic rings. The Morgan fingerprint density at radius 1 is 1.40 bits per heavy atom. The summed E-state index contributed by atoms with van der Waals surface area (Å²) in [7, 11) is 0. The minimum atomic E-state index is -0.135. The molecule has 2 rings (SSSR count). The van der Waals surface area contributed by atoms with E-state index in [-0.39, 0.29) is 11.8 Å². The van der Waals surface area contributed by atoms with Gasteiger partial charge in [0, 0.05) is 27.8 Å². The number of rotatable bonds is 6. The Labute approximate surface area is 130 Å². The minimum Gasteiger partial charge on any atom is -0.409 e. The van der Waals surface area contributed by atoms with E-state index < -0.39 is 0 Å². The smallest absolute Gasteiger partial charge is 0.147 e. The number of nitrogens with two attached hydrogens (primary N) is 1. The van der Waals surface area contributed by atoms with Gasteiger partial charge in [-0.2, -0.15) is 0 Å². The summed E-state index contributed by atoms with van der Waals surface area (Å²) in [5.41, 5.74) is 6.82. The van der Waals surface area contributed by atoms with Crippen molar-refractivity contribution in [3.63, 3.8) is 0 Å². The fourth-order valence-corrected chi connectivity index (χ4v) is 3.36. The Hall–Kier alpha value is -1.37. The average Bonchev–Trinajstić information content (AvgIpc) is 2.89. The van der Waals surface area contributed by atoms with Crippen molar-refractivity contribution in [1.82, 2.24) is 5.32 Å². The van der Waals surface area contributed by atoms with E-state index in [2.05, 4.69) is 37.8 Å². The molecule has 0 radical (unpaired) electrons. The number of nitrogens with zero attached hydrogens (tertiary/aromatic N) is 1. The van der Waals surface area contributed by atoms with Gasteiger partial charge in [0.2, 0.25) is 0 Å². The molecule has 0 aliphatic carbocycles. The molecule has 1 atom stereocenters. The maximum absolute atomic E-state index is 8.92. The second kappa shape index (κ2) is 7.42. The van der Waals surface area contributed by atoms with Gasteiger partial charge in [-0.1, -0.05) is 35.5 Å². The van der Waals surface area contributed by atoms with Crippen LogP contribution < -0.4 is 11.1 Å². The van der Waals surface area contributed by atoms with Gasteiger partial charge in [-0.25, -0.2) is 0 Å². The number of oxime groups is 1. The van der Waals surface area contributed by atoms with Gasteiger partial charge >= 0.3 is 0 Å². The molecule has 1 aromatic heterocycles. The number of hydrogen-bond donors (Lipinski definition) is 3. The second-order valence-electron chi connectivity index (χ2n) is 4.35. The average molecular weight is 354 g/mol. The number of amidine groups is 1. The third kappa shape index (κ3) is 4.06. The molecule has 0 aliphatic heterocycles. The zero-order valence-corrected chi connectivity index (χ0v) is 13.2. The Kier molecular flexibility index (Phi) is 5.58. The van der Waals surface area contributed by atoms with Gasteiger partial charge in [-0.3, -0.25) is 0 Å². The van der Waals surface area contributed by atoms with Crippen molar-refractivity contribution in [3.8, 4) is 0 Å². The molecule has 1 heterocycles. The van der Waals surface area contributed by atoms with Crippen molar-refractivity contribution in [2.45, 2.75) is 12.5 Å². The summed E-state index contributed by atoms with van der Waals surface area (Å²) in [6.45, 7) is 1.38. The summed E-state index contributed by atoms with van der Waals surface area (Å²) >= 11 is 5.13. The summed E-state index contributed by atoms with van der Waals surface area (Å²) < 4.78 is 1.09. The van der Waals surface area contributed by atoms with Crippen molar-refractivity contribution in [3.05, 3.63) is 56.7 Å². The molecule has 0 bridgehead atoms. The van der Waals surface area contributed by atoms with Crippen molar-refractivity contribution >= 4 is 33.1 Å². The molecule has 0 spiro atoms. The van der Waals surface area contributed by atoms with Crippen molar-refractivity contribution in [1.29, 1.82) is 0 Å². The van der Waals surface area contributed by atoms with E-state index in [0.717, 1.165) is 16.6 Å². The molecule has 4 N–H and O–H groups in total. The number of hydrogen-bond acceptors (Lipinski definition) is 4. The molecule has 4 nitrogen and oxygen atoms in total. The molecule has 0 amide bonds. The van der Waals surface area contributed by atoms with Crippen LogP contribution in [-0.2, 0) is 6.54 Å². The van der Waals surface area contributed by atoms with E-state index in [1.807, 2.05) is 30.3 Å². The first kappa shape index (κ1) is 15.0. The molecule has 0 saturated heterocycles.